The summed E-state index contributed by atoms with van der Waals surface area (Å²) in [6, 6.07) is 0. The van der Waals surface area contributed by atoms with Crippen LogP contribution >= 0.6 is 0 Å². The zero-order chi connectivity index (χ0) is 8.85. The van der Waals surface area contributed by atoms with Gasteiger partial charge < -0.3 is 0 Å². The molecule has 0 unspecified atom stereocenters. The van der Waals surface area contributed by atoms with E-state index < -0.39 is 0 Å². The van der Waals surface area contributed by atoms with Gasteiger partial charge >= 0.3 is 0 Å². The summed E-state index contributed by atoms with van der Waals surface area (Å²) in [6.07, 6.45) is 2.26. The molecule has 0 aromatic rings. The van der Waals surface area contributed by atoms with E-state index in [1.165, 1.54) is 12.1 Å². The first-order valence-electron chi connectivity index (χ1n) is 4.30. The standard InChI is InChI=1S/C10H19N/c1-6-7-9(4)11-10(5)8(2)3/h8H,5-7H2,1-4H3/b11-9-. The molecule has 0 aliphatic carbocycles. The topological polar surface area (TPSA) is 12.4 Å². The van der Waals surface area contributed by atoms with Crippen LogP contribution in [0, 0.1) is 5.92 Å². The number of rotatable bonds is 4. The Morgan fingerprint density at radius 1 is 1.45 bits per heavy atom. The van der Waals surface area contributed by atoms with Gasteiger partial charge in [0.1, 0.15) is 0 Å². The molecule has 0 aliphatic rings. The van der Waals surface area contributed by atoms with Crippen LogP contribution in [0.5, 0.6) is 0 Å². The largest absolute Gasteiger partial charge is 0.263 e. The van der Waals surface area contributed by atoms with Crippen LogP contribution in [0.15, 0.2) is 17.3 Å². The van der Waals surface area contributed by atoms with Gasteiger partial charge in [0, 0.05) is 11.4 Å². The summed E-state index contributed by atoms with van der Waals surface area (Å²) in [6.45, 7) is 12.4. The predicted octanol–water partition coefficient (Wildman–Crippen LogP) is 3.42. The van der Waals surface area contributed by atoms with E-state index in [9.17, 15) is 0 Å². The molecule has 0 fully saturated rings. The Morgan fingerprint density at radius 2 is 2.00 bits per heavy atom. The molecule has 0 bridgehead atoms. The van der Waals surface area contributed by atoms with Gasteiger partial charge in [0.15, 0.2) is 0 Å². The smallest absolute Gasteiger partial charge is 0.0356 e. The average molecular weight is 153 g/mol. The minimum atomic E-state index is 0.474. The fourth-order valence-electron chi connectivity index (χ4n) is 0.792. The maximum Gasteiger partial charge on any atom is 0.0356 e. The summed E-state index contributed by atoms with van der Waals surface area (Å²) in [5, 5.41) is 0. The monoisotopic (exact) mass is 153 g/mol. The van der Waals surface area contributed by atoms with Crippen LogP contribution in [0.2, 0.25) is 0 Å². The lowest BCUT2D eigenvalue weighted by atomic mass is 10.1. The second-order valence-corrected chi connectivity index (χ2v) is 3.24. The van der Waals surface area contributed by atoms with Gasteiger partial charge in [-0.3, -0.25) is 4.99 Å². The van der Waals surface area contributed by atoms with Crippen molar-refractivity contribution in [2.24, 2.45) is 10.9 Å². The molecular weight excluding hydrogens is 134 g/mol. The first-order chi connectivity index (χ1) is 5.07. The first kappa shape index (κ1) is 10.4. The summed E-state index contributed by atoms with van der Waals surface area (Å²) < 4.78 is 0. The lowest BCUT2D eigenvalue weighted by Crippen LogP contribution is -1.95. The average Bonchev–Trinajstić information content (AvgIpc) is 1.87. The number of aliphatic imine (C=N–C) groups is 1. The zero-order valence-electron chi connectivity index (χ0n) is 8.15. The Bertz CT molecular complexity index is 154. The van der Waals surface area contributed by atoms with E-state index in [-0.39, 0.29) is 0 Å². The Morgan fingerprint density at radius 3 is 2.36 bits per heavy atom. The fraction of sp³-hybridized carbons (Fsp3) is 0.700. The second kappa shape index (κ2) is 5.11. The summed E-state index contributed by atoms with van der Waals surface area (Å²) in [4.78, 5) is 4.39. The highest BCUT2D eigenvalue weighted by atomic mass is 14.8. The Hall–Kier alpha value is -0.590. The van der Waals surface area contributed by atoms with Crippen molar-refractivity contribution in [2.45, 2.75) is 40.5 Å². The van der Waals surface area contributed by atoms with Gasteiger partial charge in [0.25, 0.3) is 0 Å². The van der Waals surface area contributed by atoms with Crippen LogP contribution in [0.25, 0.3) is 0 Å². The number of nitrogens with zero attached hydrogens (tertiary/aromatic N) is 1. The van der Waals surface area contributed by atoms with E-state index in [4.69, 9.17) is 0 Å². The van der Waals surface area contributed by atoms with Crippen LogP contribution < -0.4 is 0 Å². The minimum absolute atomic E-state index is 0.474. The highest BCUT2D eigenvalue weighted by molar-refractivity contribution is 5.82. The zero-order valence-corrected chi connectivity index (χ0v) is 8.15. The molecule has 0 aromatic carbocycles. The summed E-state index contributed by atoms with van der Waals surface area (Å²) in [7, 11) is 0. The molecule has 1 heteroatoms. The molecule has 0 spiro atoms. The molecule has 0 rings (SSSR count). The van der Waals surface area contributed by atoms with Gasteiger partial charge in [-0.15, -0.1) is 0 Å². The first-order valence-corrected chi connectivity index (χ1v) is 4.30. The normalized spacial score (nSPS) is 12.3. The summed E-state index contributed by atoms with van der Waals surface area (Å²) in [5.41, 5.74) is 2.20. The molecule has 0 N–H and O–H groups in total. The Labute approximate surface area is 70.2 Å². The number of hydrogen-bond acceptors (Lipinski definition) is 1. The van der Waals surface area contributed by atoms with Crippen LogP contribution in [0.1, 0.15) is 40.5 Å². The number of hydrogen-bond donors (Lipinski definition) is 0. The molecule has 0 atom stereocenters. The number of allylic oxidation sites excluding steroid dienone is 1. The second-order valence-electron chi connectivity index (χ2n) is 3.24. The molecule has 0 radical (unpaired) electrons. The lowest BCUT2D eigenvalue weighted by molar-refractivity contribution is 0.759. The van der Waals surface area contributed by atoms with Crippen LogP contribution in [0.3, 0.4) is 0 Å². The molecule has 0 amide bonds. The van der Waals surface area contributed by atoms with Crippen molar-refractivity contribution in [3.63, 3.8) is 0 Å². The van der Waals surface area contributed by atoms with E-state index in [0.717, 1.165) is 12.1 Å². The van der Waals surface area contributed by atoms with Crippen molar-refractivity contribution < 1.29 is 0 Å². The molecule has 0 aromatic heterocycles. The SMILES string of the molecule is C=C(/N=C(/C)CCC)C(C)C. The molecular formula is C10H19N. The van der Waals surface area contributed by atoms with E-state index in [1.54, 1.807) is 0 Å². The Balaban J connectivity index is 3.97. The van der Waals surface area contributed by atoms with Gasteiger partial charge in [-0.05, 0) is 19.3 Å². The van der Waals surface area contributed by atoms with Crippen molar-refractivity contribution in [2.75, 3.05) is 0 Å². The van der Waals surface area contributed by atoms with Crippen molar-refractivity contribution in [1.82, 2.24) is 0 Å². The highest BCUT2D eigenvalue weighted by Crippen LogP contribution is 2.09. The highest BCUT2D eigenvalue weighted by Gasteiger charge is 1.97. The third kappa shape index (κ3) is 4.77. The van der Waals surface area contributed by atoms with Crippen molar-refractivity contribution in [3.05, 3.63) is 12.3 Å². The third-order valence-electron chi connectivity index (χ3n) is 1.61. The van der Waals surface area contributed by atoms with E-state index in [2.05, 4.69) is 39.3 Å². The quantitative estimate of drug-likeness (QED) is 0.549. The molecule has 64 valence electrons. The molecule has 0 heterocycles. The van der Waals surface area contributed by atoms with Gasteiger partial charge in [-0.1, -0.05) is 33.8 Å². The molecule has 0 aliphatic heterocycles. The molecule has 11 heavy (non-hydrogen) atoms. The third-order valence-corrected chi connectivity index (χ3v) is 1.61. The van der Waals surface area contributed by atoms with Crippen molar-refractivity contribution in [3.8, 4) is 0 Å². The van der Waals surface area contributed by atoms with Crippen LogP contribution in [-0.2, 0) is 0 Å². The van der Waals surface area contributed by atoms with Gasteiger partial charge in [-0.2, -0.15) is 0 Å². The Kier molecular flexibility index (Phi) is 4.84. The molecule has 0 saturated heterocycles. The van der Waals surface area contributed by atoms with Gasteiger partial charge in [-0.25, -0.2) is 0 Å². The molecule has 1 nitrogen and oxygen atoms in total. The maximum atomic E-state index is 4.39. The molecule has 0 saturated carbocycles. The van der Waals surface area contributed by atoms with E-state index in [0.29, 0.717) is 5.92 Å². The summed E-state index contributed by atoms with van der Waals surface area (Å²) in [5.74, 6) is 0.474. The van der Waals surface area contributed by atoms with E-state index in [1.807, 2.05) is 0 Å². The van der Waals surface area contributed by atoms with Gasteiger partial charge in [0.2, 0.25) is 0 Å². The summed E-state index contributed by atoms with van der Waals surface area (Å²) >= 11 is 0. The van der Waals surface area contributed by atoms with Crippen molar-refractivity contribution in [1.29, 1.82) is 0 Å². The fourth-order valence-corrected chi connectivity index (χ4v) is 0.792. The van der Waals surface area contributed by atoms with Crippen LogP contribution in [0.4, 0.5) is 0 Å². The van der Waals surface area contributed by atoms with E-state index >= 15 is 0 Å². The lowest BCUT2D eigenvalue weighted by Gasteiger charge is -2.04. The van der Waals surface area contributed by atoms with Gasteiger partial charge in [0.05, 0.1) is 0 Å². The van der Waals surface area contributed by atoms with Crippen LogP contribution in [-0.4, -0.2) is 5.71 Å². The minimum Gasteiger partial charge on any atom is -0.263 e. The predicted molar refractivity (Wildman–Crippen MR) is 52.0 cm³/mol. The maximum absolute atomic E-state index is 4.39. The van der Waals surface area contributed by atoms with Crippen molar-refractivity contribution >= 4 is 5.71 Å².